The van der Waals surface area contributed by atoms with Gasteiger partial charge in [0.25, 0.3) is 0 Å². The Labute approximate surface area is 223 Å². The lowest BCUT2D eigenvalue weighted by Crippen LogP contribution is -2.72. The first-order valence-electron chi connectivity index (χ1n) is 12.7. The predicted octanol–water partition coefficient (Wildman–Crippen LogP) is 4.94. The summed E-state index contributed by atoms with van der Waals surface area (Å²) >= 11 is 0. The van der Waals surface area contributed by atoms with E-state index in [-0.39, 0.29) is 11.7 Å². The number of carbonyl (C=O) groups excluding carboxylic acids is 1. The van der Waals surface area contributed by atoms with Gasteiger partial charge in [-0.3, -0.25) is 10.00 Å². The molecule has 1 aliphatic carbocycles. The van der Waals surface area contributed by atoms with Crippen LogP contribution < -0.4 is 10.1 Å². The van der Waals surface area contributed by atoms with Gasteiger partial charge in [0.05, 0.1) is 23.5 Å². The zero-order chi connectivity index (χ0) is 27.9. The fourth-order valence-corrected chi connectivity index (χ4v) is 4.39. The molecule has 206 valence electrons. The maximum atomic E-state index is 12.6. The molecule has 12 heteroatoms. The summed E-state index contributed by atoms with van der Waals surface area (Å²) in [6, 6.07) is 7.70. The van der Waals surface area contributed by atoms with Gasteiger partial charge in [0.1, 0.15) is 17.0 Å². The third kappa shape index (κ3) is 6.39. The van der Waals surface area contributed by atoms with Gasteiger partial charge >= 0.3 is 12.5 Å². The molecule has 0 radical (unpaired) electrons. The molecule has 0 spiro atoms. The number of rotatable bonds is 7. The molecule has 0 atom stereocenters. The first kappa shape index (κ1) is 26.7. The Morgan fingerprint density at radius 2 is 1.79 bits per heavy atom. The summed E-state index contributed by atoms with van der Waals surface area (Å²) in [5, 5.41) is 15.3. The van der Waals surface area contributed by atoms with Gasteiger partial charge in [-0.15, -0.1) is 13.2 Å². The molecule has 1 saturated carbocycles. The Morgan fingerprint density at radius 1 is 1.10 bits per heavy atom. The number of nitrogens with two attached hydrogens (primary N) is 1. The highest BCUT2D eigenvalue weighted by molar-refractivity contribution is 6.09. The highest BCUT2D eigenvalue weighted by Gasteiger charge is 2.39. The molecule has 1 aliphatic heterocycles. The molecule has 3 aromatic rings. The highest BCUT2D eigenvalue weighted by atomic mass is 19.4. The number of carbonyl (C=O) groups is 1. The lowest BCUT2D eigenvalue weighted by Gasteiger charge is -2.40. The van der Waals surface area contributed by atoms with Crippen LogP contribution in [0.3, 0.4) is 0 Å². The van der Waals surface area contributed by atoms with Gasteiger partial charge in [-0.2, -0.15) is 5.10 Å². The summed E-state index contributed by atoms with van der Waals surface area (Å²) in [5.41, 5.74) is 2.52. The van der Waals surface area contributed by atoms with Gasteiger partial charge in [0.2, 0.25) is 5.82 Å². The number of hydrogen-bond acceptors (Lipinski definition) is 6. The quantitative estimate of drug-likeness (QED) is 0.324. The second-order valence-electron chi connectivity index (χ2n) is 10.8. The standard InChI is InChI=1S/C27H29F3N6O3/c1-26(2,3)39-25(37)35-13-17(14-35)23(31)22-21(16-12-33-36(15-16)19-6-7-19)10-11-32-24(22)34-18-4-8-20(9-5-18)38-27(28,29)30/h4-5,8-12,15,17,19,31H,6-7,13-14H2,1-3H3,(H,32,34)/p+1. The van der Waals surface area contributed by atoms with Crippen molar-refractivity contribution in [2.45, 2.75) is 51.6 Å². The number of halogens is 3. The number of likely N-dealkylation sites (tertiary alicyclic amines) is 1. The smallest absolute Gasteiger partial charge is 0.444 e. The molecular formula is C27H30F3N6O3+. The van der Waals surface area contributed by atoms with Crippen molar-refractivity contribution in [2.75, 3.05) is 13.1 Å². The molecule has 39 heavy (non-hydrogen) atoms. The minimum Gasteiger partial charge on any atom is -0.444 e. The van der Waals surface area contributed by atoms with Gasteiger partial charge in [-0.05, 0) is 51.8 Å². The van der Waals surface area contributed by atoms with Crippen molar-refractivity contribution in [3.05, 3.63) is 54.5 Å². The monoisotopic (exact) mass is 543 g/mol. The van der Waals surface area contributed by atoms with E-state index < -0.39 is 18.1 Å². The van der Waals surface area contributed by atoms with Gasteiger partial charge in [-0.25, -0.2) is 9.78 Å². The van der Waals surface area contributed by atoms with Crippen LogP contribution in [-0.2, 0) is 4.74 Å². The van der Waals surface area contributed by atoms with Crippen molar-refractivity contribution in [1.29, 1.82) is 5.41 Å². The number of hydrogen-bond donors (Lipinski definition) is 2. The van der Waals surface area contributed by atoms with Crippen LogP contribution in [0.15, 0.2) is 48.9 Å². The summed E-state index contributed by atoms with van der Waals surface area (Å²) < 4.78 is 49.0. The van der Waals surface area contributed by atoms with E-state index in [1.165, 1.54) is 24.3 Å². The number of pyridine rings is 1. The van der Waals surface area contributed by atoms with Crippen molar-refractivity contribution in [2.24, 2.45) is 5.92 Å². The van der Waals surface area contributed by atoms with Crippen molar-refractivity contribution in [1.82, 2.24) is 19.7 Å². The number of nitrogens with one attached hydrogen (secondary N) is 1. The van der Waals surface area contributed by atoms with Crippen LogP contribution in [0.4, 0.5) is 29.5 Å². The van der Waals surface area contributed by atoms with Gasteiger partial charge in [0.15, 0.2) is 0 Å². The average molecular weight is 544 g/mol. The van der Waals surface area contributed by atoms with Crippen molar-refractivity contribution >= 4 is 23.3 Å². The molecule has 5 rings (SSSR count). The molecular weight excluding hydrogens is 513 g/mol. The van der Waals surface area contributed by atoms with Crippen LogP contribution in [0.25, 0.3) is 11.1 Å². The maximum absolute atomic E-state index is 12.6. The normalized spacial score (nSPS) is 16.1. The van der Waals surface area contributed by atoms with Crippen molar-refractivity contribution < 1.29 is 32.8 Å². The highest BCUT2D eigenvalue weighted by Crippen LogP contribution is 2.37. The maximum Gasteiger partial charge on any atom is 0.573 e. The van der Waals surface area contributed by atoms with E-state index in [0.717, 1.165) is 24.0 Å². The third-order valence-corrected chi connectivity index (χ3v) is 6.44. The van der Waals surface area contributed by atoms with E-state index in [2.05, 4.69) is 14.8 Å². The van der Waals surface area contributed by atoms with Gasteiger partial charge in [0, 0.05) is 54.7 Å². The van der Waals surface area contributed by atoms with E-state index >= 15 is 0 Å². The van der Waals surface area contributed by atoms with Crippen molar-refractivity contribution in [3.8, 4) is 16.9 Å². The molecule has 0 unspecified atom stereocenters. The minimum absolute atomic E-state index is 0.228. The van der Waals surface area contributed by atoms with Crippen LogP contribution >= 0.6 is 0 Å². The van der Waals surface area contributed by atoms with E-state index in [9.17, 15) is 18.0 Å². The second kappa shape index (κ2) is 9.99. The van der Waals surface area contributed by atoms with Crippen LogP contribution in [-0.4, -0.2) is 56.5 Å². The molecule has 2 fully saturated rings. The molecule has 0 bridgehead atoms. The summed E-state index contributed by atoms with van der Waals surface area (Å²) in [5.74, 6) is -0.0518. The Morgan fingerprint density at radius 3 is 2.41 bits per heavy atom. The first-order chi connectivity index (χ1) is 18.4. The number of quaternary nitrogens is 1. The molecule has 3 N–H and O–H groups in total. The molecule has 1 amide bonds. The fraction of sp³-hybridized carbons (Fsp3) is 0.407. The number of benzene rings is 1. The van der Waals surface area contributed by atoms with Crippen LogP contribution in [0.2, 0.25) is 0 Å². The van der Waals surface area contributed by atoms with E-state index in [0.29, 0.717) is 41.9 Å². The lowest BCUT2D eigenvalue weighted by molar-refractivity contribution is -0.483. The summed E-state index contributed by atoms with van der Waals surface area (Å²) in [7, 11) is 0. The van der Waals surface area contributed by atoms with Crippen molar-refractivity contribution in [3.63, 3.8) is 0 Å². The fourth-order valence-electron chi connectivity index (χ4n) is 4.39. The Bertz CT molecular complexity index is 1370. The van der Waals surface area contributed by atoms with E-state index in [1.807, 2.05) is 16.9 Å². The topological polar surface area (TPSA) is 110 Å². The van der Waals surface area contributed by atoms with Crippen LogP contribution in [0, 0.1) is 11.3 Å². The third-order valence-electron chi connectivity index (χ3n) is 6.44. The number of amides is 1. The lowest BCUT2D eigenvalue weighted by atomic mass is 9.87. The summed E-state index contributed by atoms with van der Waals surface area (Å²) in [6.45, 7) is 6.09. The predicted molar refractivity (Wildman–Crippen MR) is 136 cm³/mol. The Balaban J connectivity index is 1.42. The summed E-state index contributed by atoms with van der Waals surface area (Å²) in [6.07, 6.45) is 2.34. The second-order valence-corrected chi connectivity index (χ2v) is 10.8. The first-order valence-corrected chi connectivity index (χ1v) is 12.7. The largest absolute Gasteiger partial charge is 0.573 e. The molecule has 3 heterocycles. The van der Waals surface area contributed by atoms with E-state index in [4.69, 9.17) is 10.1 Å². The van der Waals surface area contributed by atoms with Gasteiger partial charge < -0.3 is 19.8 Å². The summed E-state index contributed by atoms with van der Waals surface area (Å²) in [4.78, 5) is 18.5. The molecule has 2 aromatic heterocycles. The minimum atomic E-state index is -4.77. The van der Waals surface area contributed by atoms with Crippen LogP contribution in [0.5, 0.6) is 5.75 Å². The molecule has 9 nitrogen and oxygen atoms in total. The number of aromatic nitrogens is 3. The number of alkyl halides is 3. The molecule has 2 aliphatic rings. The van der Waals surface area contributed by atoms with Gasteiger partial charge in [-0.1, -0.05) is 0 Å². The number of nitrogens with zero attached hydrogens (tertiary/aromatic N) is 4. The van der Waals surface area contributed by atoms with E-state index in [1.54, 1.807) is 43.4 Å². The Hall–Kier alpha value is -3.93. The molecule has 1 saturated heterocycles. The number of ether oxygens (including phenoxy) is 2. The SMILES string of the molecule is CC(C)(C)OC(=O)N1CC(C(=N)c2c(-c3cnn(C4CC4)c3)ccnc2[NH2+]c2ccc(OC(F)(F)F)cc2)C1. The average Bonchev–Trinajstić information content (AvgIpc) is 3.53. The zero-order valence-electron chi connectivity index (χ0n) is 21.8. The van der Waals surface area contributed by atoms with Crippen LogP contribution in [0.1, 0.15) is 45.2 Å². The molecule has 1 aromatic carbocycles. The Kier molecular flexibility index (Phi) is 6.83. The zero-order valence-corrected chi connectivity index (χ0v) is 21.8.